The number of piperidine rings is 1. The fourth-order valence-corrected chi connectivity index (χ4v) is 5.00. The van der Waals surface area contributed by atoms with Crippen molar-refractivity contribution in [3.63, 3.8) is 0 Å². The summed E-state index contributed by atoms with van der Waals surface area (Å²) in [5.74, 6) is 0.152. The molecule has 0 unspecified atom stereocenters. The predicted octanol–water partition coefficient (Wildman–Crippen LogP) is 3.35. The highest BCUT2D eigenvalue weighted by atomic mass is 35.5. The van der Waals surface area contributed by atoms with Crippen molar-refractivity contribution < 1.29 is 4.79 Å². The summed E-state index contributed by atoms with van der Waals surface area (Å²) < 4.78 is 0. The maximum absolute atomic E-state index is 12.6. The van der Waals surface area contributed by atoms with Crippen LogP contribution in [0.1, 0.15) is 23.3 Å². The van der Waals surface area contributed by atoms with Crippen LogP contribution in [0, 0.1) is 0 Å². The van der Waals surface area contributed by atoms with E-state index in [0.717, 1.165) is 53.7 Å². The molecular weight excluding hydrogens is 356 g/mol. The van der Waals surface area contributed by atoms with Gasteiger partial charge in [0.1, 0.15) is 5.15 Å². The SMILES string of the molecule is CN(C)c1nc(Cl)c(CN2CCC3(CC2)C(=O)Nc2ccccc23)s1. The molecule has 1 saturated heterocycles. The maximum Gasteiger partial charge on any atom is 0.235 e. The minimum absolute atomic E-state index is 0.152. The van der Waals surface area contributed by atoms with E-state index in [1.54, 1.807) is 11.3 Å². The van der Waals surface area contributed by atoms with Crippen LogP contribution < -0.4 is 10.2 Å². The lowest BCUT2D eigenvalue weighted by Gasteiger charge is -2.37. The Bertz CT molecular complexity index is 811. The fourth-order valence-electron chi connectivity index (χ4n) is 3.78. The Morgan fingerprint density at radius 3 is 2.72 bits per heavy atom. The van der Waals surface area contributed by atoms with Crippen LogP contribution >= 0.6 is 22.9 Å². The van der Waals surface area contributed by atoms with E-state index in [1.165, 1.54) is 0 Å². The van der Waals surface area contributed by atoms with Crippen LogP contribution in [0.25, 0.3) is 0 Å². The molecule has 1 aromatic heterocycles. The van der Waals surface area contributed by atoms with E-state index in [1.807, 2.05) is 37.2 Å². The molecular formula is C18H21ClN4OS. The van der Waals surface area contributed by atoms with Gasteiger partial charge >= 0.3 is 0 Å². The molecule has 2 aliphatic heterocycles. The third kappa shape index (κ3) is 2.82. The topological polar surface area (TPSA) is 48.5 Å². The highest BCUT2D eigenvalue weighted by Crippen LogP contribution is 2.45. The number of anilines is 2. The monoisotopic (exact) mass is 376 g/mol. The zero-order valence-electron chi connectivity index (χ0n) is 14.4. The molecule has 2 aromatic rings. The molecule has 0 atom stereocenters. The maximum atomic E-state index is 12.6. The van der Waals surface area contributed by atoms with Gasteiger partial charge in [0.25, 0.3) is 0 Å². The molecule has 7 heteroatoms. The number of hydrogen-bond acceptors (Lipinski definition) is 5. The van der Waals surface area contributed by atoms with Gasteiger partial charge in [0.15, 0.2) is 5.13 Å². The number of carbonyl (C=O) groups excluding carboxylic acids is 1. The number of hydrogen-bond donors (Lipinski definition) is 1. The number of fused-ring (bicyclic) bond motifs is 2. The molecule has 1 aromatic carbocycles. The van der Waals surface area contributed by atoms with Gasteiger partial charge in [-0.15, -0.1) is 0 Å². The van der Waals surface area contributed by atoms with Crippen LogP contribution in [0.15, 0.2) is 24.3 Å². The molecule has 1 spiro atoms. The molecule has 4 rings (SSSR count). The summed E-state index contributed by atoms with van der Waals surface area (Å²) in [5, 5.41) is 4.58. The first-order valence-electron chi connectivity index (χ1n) is 8.45. The second-order valence-corrected chi connectivity index (χ2v) is 8.38. The summed E-state index contributed by atoms with van der Waals surface area (Å²) in [6.45, 7) is 2.56. The van der Waals surface area contributed by atoms with E-state index in [4.69, 9.17) is 11.6 Å². The van der Waals surface area contributed by atoms with Crippen LogP contribution in [0.5, 0.6) is 0 Å². The van der Waals surface area contributed by atoms with Crippen molar-refractivity contribution in [2.75, 3.05) is 37.4 Å². The Balaban J connectivity index is 1.48. The number of amides is 1. The van der Waals surface area contributed by atoms with Crippen LogP contribution in [-0.2, 0) is 16.8 Å². The molecule has 2 aliphatic rings. The first-order chi connectivity index (χ1) is 12.0. The second-order valence-electron chi connectivity index (χ2n) is 6.96. The highest BCUT2D eigenvalue weighted by Gasteiger charge is 2.48. The number of halogens is 1. The third-order valence-corrected chi connectivity index (χ3v) is 6.86. The molecule has 5 nitrogen and oxygen atoms in total. The van der Waals surface area contributed by atoms with E-state index < -0.39 is 0 Å². The Hall–Kier alpha value is -1.63. The Labute approximate surface area is 156 Å². The van der Waals surface area contributed by atoms with E-state index in [-0.39, 0.29) is 11.3 Å². The number of nitrogens with one attached hydrogen (secondary N) is 1. The highest BCUT2D eigenvalue weighted by molar-refractivity contribution is 7.16. The summed E-state index contributed by atoms with van der Waals surface area (Å²) in [4.78, 5) is 22.5. The number of benzene rings is 1. The van der Waals surface area contributed by atoms with Gasteiger partial charge in [0, 0.05) is 26.3 Å². The quantitative estimate of drug-likeness (QED) is 0.892. The number of rotatable bonds is 3. The van der Waals surface area contributed by atoms with Crippen molar-refractivity contribution in [3.05, 3.63) is 39.9 Å². The number of carbonyl (C=O) groups is 1. The Morgan fingerprint density at radius 2 is 2.04 bits per heavy atom. The van der Waals surface area contributed by atoms with E-state index >= 15 is 0 Å². The molecule has 1 amide bonds. The number of likely N-dealkylation sites (tertiary alicyclic amines) is 1. The summed E-state index contributed by atoms with van der Waals surface area (Å²) in [6.07, 6.45) is 1.68. The Morgan fingerprint density at radius 1 is 1.32 bits per heavy atom. The summed E-state index contributed by atoms with van der Waals surface area (Å²) in [6, 6.07) is 8.08. The van der Waals surface area contributed by atoms with E-state index in [0.29, 0.717) is 5.15 Å². The standard InChI is InChI=1S/C18H21ClN4OS/c1-22(2)17-21-15(19)14(25-17)11-23-9-7-18(8-10-23)12-5-3-4-6-13(12)20-16(18)24/h3-6H,7-11H2,1-2H3,(H,20,24). The van der Waals surface area contributed by atoms with Crippen LogP contribution in [-0.4, -0.2) is 43.0 Å². The van der Waals surface area contributed by atoms with Crippen molar-refractivity contribution in [3.8, 4) is 0 Å². The summed E-state index contributed by atoms with van der Waals surface area (Å²) in [5.41, 5.74) is 1.77. The molecule has 1 N–H and O–H groups in total. The van der Waals surface area contributed by atoms with Gasteiger partial charge in [-0.3, -0.25) is 9.69 Å². The van der Waals surface area contributed by atoms with Crippen molar-refractivity contribution in [1.82, 2.24) is 9.88 Å². The van der Waals surface area contributed by atoms with Gasteiger partial charge in [0.05, 0.1) is 10.3 Å². The van der Waals surface area contributed by atoms with Gasteiger partial charge < -0.3 is 10.2 Å². The third-order valence-electron chi connectivity index (χ3n) is 5.22. The normalized spacial score (nSPS) is 19.1. The first kappa shape index (κ1) is 16.8. The number of para-hydroxylation sites is 1. The minimum Gasteiger partial charge on any atom is -0.354 e. The zero-order chi connectivity index (χ0) is 17.6. The molecule has 25 heavy (non-hydrogen) atoms. The molecule has 0 saturated carbocycles. The predicted molar refractivity (Wildman–Crippen MR) is 103 cm³/mol. The number of aromatic nitrogens is 1. The van der Waals surface area contributed by atoms with Crippen molar-refractivity contribution in [1.29, 1.82) is 0 Å². The van der Waals surface area contributed by atoms with Crippen LogP contribution in [0.4, 0.5) is 10.8 Å². The van der Waals surface area contributed by atoms with E-state index in [2.05, 4.69) is 21.3 Å². The van der Waals surface area contributed by atoms with Crippen molar-refractivity contribution in [2.24, 2.45) is 0 Å². The lowest BCUT2D eigenvalue weighted by Crippen LogP contribution is -2.46. The van der Waals surface area contributed by atoms with E-state index in [9.17, 15) is 4.79 Å². The smallest absolute Gasteiger partial charge is 0.235 e. The van der Waals surface area contributed by atoms with Gasteiger partial charge in [-0.1, -0.05) is 41.1 Å². The summed E-state index contributed by atoms with van der Waals surface area (Å²) in [7, 11) is 3.94. The first-order valence-corrected chi connectivity index (χ1v) is 9.65. The lowest BCUT2D eigenvalue weighted by atomic mass is 9.73. The van der Waals surface area contributed by atoms with Crippen molar-refractivity contribution in [2.45, 2.75) is 24.8 Å². The largest absolute Gasteiger partial charge is 0.354 e. The minimum atomic E-state index is -0.362. The van der Waals surface area contributed by atoms with Crippen LogP contribution in [0.3, 0.4) is 0 Å². The zero-order valence-corrected chi connectivity index (χ0v) is 16.0. The van der Waals surface area contributed by atoms with Gasteiger partial charge in [-0.2, -0.15) is 0 Å². The second kappa shape index (κ2) is 6.27. The average Bonchev–Trinajstić information content (AvgIpc) is 3.09. The summed E-state index contributed by atoms with van der Waals surface area (Å²) >= 11 is 7.94. The lowest BCUT2D eigenvalue weighted by molar-refractivity contribution is -0.122. The molecule has 132 valence electrons. The van der Waals surface area contributed by atoms with Gasteiger partial charge in [-0.25, -0.2) is 4.98 Å². The number of nitrogens with zero attached hydrogens (tertiary/aromatic N) is 3. The van der Waals surface area contributed by atoms with Gasteiger partial charge in [0.2, 0.25) is 5.91 Å². The molecule has 0 aliphatic carbocycles. The Kier molecular flexibility index (Phi) is 4.22. The molecule has 1 fully saturated rings. The molecule has 0 bridgehead atoms. The van der Waals surface area contributed by atoms with Crippen LogP contribution in [0.2, 0.25) is 5.15 Å². The fraction of sp³-hybridized carbons (Fsp3) is 0.444. The number of thiazole rings is 1. The van der Waals surface area contributed by atoms with Gasteiger partial charge in [-0.05, 0) is 37.6 Å². The molecule has 0 radical (unpaired) electrons. The molecule has 3 heterocycles. The average molecular weight is 377 g/mol. The van der Waals surface area contributed by atoms with Crippen molar-refractivity contribution >= 4 is 39.7 Å².